The first-order chi connectivity index (χ1) is 6.39. The molecule has 0 heterocycles. The van der Waals surface area contributed by atoms with Gasteiger partial charge in [-0.2, -0.15) is 0 Å². The van der Waals surface area contributed by atoms with Crippen molar-refractivity contribution < 1.29 is 4.79 Å². The van der Waals surface area contributed by atoms with Gasteiger partial charge in [0, 0.05) is 12.8 Å². The van der Waals surface area contributed by atoms with Gasteiger partial charge in [-0.1, -0.05) is 47.0 Å². The third kappa shape index (κ3) is 3.43. The zero-order valence-electron chi connectivity index (χ0n) is 10.1. The lowest BCUT2D eigenvalue weighted by Crippen LogP contribution is -2.23. The van der Waals surface area contributed by atoms with Gasteiger partial charge in [0.25, 0.3) is 0 Å². The summed E-state index contributed by atoms with van der Waals surface area (Å²) in [5.41, 5.74) is 0.273. The van der Waals surface area contributed by atoms with Crippen LogP contribution in [0.25, 0.3) is 0 Å². The normalized spacial score (nSPS) is 20.3. The molecule has 0 amide bonds. The molecule has 14 heavy (non-hydrogen) atoms. The van der Waals surface area contributed by atoms with Gasteiger partial charge < -0.3 is 0 Å². The molecule has 1 heteroatoms. The molecule has 0 spiro atoms. The van der Waals surface area contributed by atoms with E-state index < -0.39 is 0 Å². The van der Waals surface area contributed by atoms with Crippen molar-refractivity contribution in [2.24, 2.45) is 17.3 Å². The summed E-state index contributed by atoms with van der Waals surface area (Å²) in [6.45, 7) is 8.84. The Morgan fingerprint density at radius 1 is 1.36 bits per heavy atom. The Labute approximate surface area is 88.3 Å². The standard InChI is InChI=1S/C13H24O/c1-10(13(2,3)4)8-12(14)9-11-6-5-7-11/h10-11H,5-9H2,1-4H3. The number of ketones is 1. The van der Waals surface area contributed by atoms with Gasteiger partial charge in [-0.25, -0.2) is 0 Å². The summed E-state index contributed by atoms with van der Waals surface area (Å²) in [5.74, 6) is 1.72. The minimum Gasteiger partial charge on any atom is -0.300 e. The average molecular weight is 196 g/mol. The van der Waals surface area contributed by atoms with Crippen LogP contribution in [0.4, 0.5) is 0 Å². The van der Waals surface area contributed by atoms with E-state index in [-0.39, 0.29) is 5.41 Å². The Bertz CT molecular complexity index is 196. The fourth-order valence-electron chi connectivity index (χ4n) is 1.75. The zero-order valence-corrected chi connectivity index (χ0v) is 10.1. The molecule has 0 bridgehead atoms. The number of hydrogen-bond donors (Lipinski definition) is 0. The fourth-order valence-corrected chi connectivity index (χ4v) is 1.75. The molecule has 0 aliphatic heterocycles. The molecule has 0 N–H and O–H groups in total. The van der Waals surface area contributed by atoms with Crippen molar-refractivity contribution in [3.63, 3.8) is 0 Å². The predicted octanol–water partition coefficient (Wildman–Crippen LogP) is 3.82. The van der Waals surface area contributed by atoms with E-state index in [4.69, 9.17) is 0 Å². The molecule has 1 aliphatic rings. The van der Waals surface area contributed by atoms with Gasteiger partial charge in [0.05, 0.1) is 0 Å². The lowest BCUT2D eigenvalue weighted by Gasteiger charge is -2.29. The molecule has 0 aromatic carbocycles. The Morgan fingerprint density at radius 2 is 1.93 bits per heavy atom. The van der Waals surface area contributed by atoms with Crippen molar-refractivity contribution in [2.45, 2.75) is 59.8 Å². The lowest BCUT2D eigenvalue weighted by molar-refractivity contribution is -0.122. The molecule has 0 aromatic rings. The van der Waals surface area contributed by atoms with E-state index in [2.05, 4.69) is 27.7 Å². The molecule has 0 radical (unpaired) electrons. The van der Waals surface area contributed by atoms with Crippen molar-refractivity contribution in [1.82, 2.24) is 0 Å². The van der Waals surface area contributed by atoms with Gasteiger partial charge in [0.15, 0.2) is 0 Å². The number of carbonyl (C=O) groups excluding carboxylic acids is 1. The van der Waals surface area contributed by atoms with Crippen molar-refractivity contribution in [1.29, 1.82) is 0 Å². The second-order valence-corrected chi connectivity index (χ2v) is 6.01. The highest BCUT2D eigenvalue weighted by Gasteiger charge is 2.25. The average Bonchev–Trinajstić information content (AvgIpc) is 1.95. The highest BCUT2D eigenvalue weighted by Crippen LogP contribution is 2.33. The van der Waals surface area contributed by atoms with Crippen LogP contribution in [0.15, 0.2) is 0 Å². The van der Waals surface area contributed by atoms with Gasteiger partial charge in [-0.3, -0.25) is 4.79 Å². The predicted molar refractivity (Wildman–Crippen MR) is 60.2 cm³/mol. The van der Waals surface area contributed by atoms with E-state index in [0.29, 0.717) is 11.7 Å². The van der Waals surface area contributed by atoms with E-state index >= 15 is 0 Å². The molecule has 1 nitrogen and oxygen atoms in total. The Balaban J connectivity index is 2.25. The van der Waals surface area contributed by atoms with E-state index in [0.717, 1.165) is 18.8 Å². The minimum absolute atomic E-state index is 0.273. The molecule has 0 aromatic heterocycles. The molecule has 1 atom stereocenters. The monoisotopic (exact) mass is 196 g/mol. The van der Waals surface area contributed by atoms with Crippen LogP contribution in [-0.2, 0) is 4.79 Å². The lowest BCUT2D eigenvalue weighted by atomic mass is 9.76. The van der Waals surface area contributed by atoms with E-state index in [1.54, 1.807) is 0 Å². The van der Waals surface area contributed by atoms with Crippen molar-refractivity contribution >= 4 is 5.78 Å². The quantitative estimate of drug-likeness (QED) is 0.668. The first-order valence-electron chi connectivity index (χ1n) is 5.91. The topological polar surface area (TPSA) is 17.1 Å². The van der Waals surface area contributed by atoms with Gasteiger partial charge in [-0.05, 0) is 17.3 Å². The maximum Gasteiger partial charge on any atom is 0.133 e. The second kappa shape index (κ2) is 4.46. The molecule has 1 aliphatic carbocycles. The van der Waals surface area contributed by atoms with Gasteiger partial charge in [0.2, 0.25) is 0 Å². The Hall–Kier alpha value is -0.330. The summed E-state index contributed by atoms with van der Waals surface area (Å²) >= 11 is 0. The highest BCUT2D eigenvalue weighted by atomic mass is 16.1. The van der Waals surface area contributed by atoms with Gasteiger partial charge in [0.1, 0.15) is 5.78 Å². The fraction of sp³-hybridized carbons (Fsp3) is 0.923. The molecule has 1 unspecified atom stereocenters. The summed E-state index contributed by atoms with van der Waals surface area (Å²) in [6.07, 6.45) is 5.54. The molecular formula is C13H24O. The van der Waals surface area contributed by atoms with Gasteiger partial charge >= 0.3 is 0 Å². The van der Waals surface area contributed by atoms with Gasteiger partial charge in [-0.15, -0.1) is 0 Å². The van der Waals surface area contributed by atoms with Crippen molar-refractivity contribution in [2.75, 3.05) is 0 Å². The maximum absolute atomic E-state index is 11.7. The molecule has 1 rings (SSSR count). The number of Topliss-reactive ketones (excluding diaryl/α,β-unsaturated/α-hetero) is 1. The smallest absolute Gasteiger partial charge is 0.133 e. The number of hydrogen-bond acceptors (Lipinski definition) is 1. The van der Waals surface area contributed by atoms with Crippen LogP contribution in [0.5, 0.6) is 0 Å². The van der Waals surface area contributed by atoms with Crippen LogP contribution < -0.4 is 0 Å². The van der Waals surface area contributed by atoms with Crippen LogP contribution in [0, 0.1) is 17.3 Å². The summed E-state index contributed by atoms with van der Waals surface area (Å²) in [6, 6.07) is 0. The van der Waals surface area contributed by atoms with E-state index in [9.17, 15) is 4.79 Å². The van der Waals surface area contributed by atoms with Crippen LogP contribution >= 0.6 is 0 Å². The minimum atomic E-state index is 0.273. The Morgan fingerprint density at radius 3 is 2.29 bits per heavy atom. The zero-order chi connectivity index (χ0) is 10.8. The highest BCUT2D eigenvalue weighted by molar-refractivity contribution is 5.79. The van der Waals surface area contributed by atoms with Crippen LogP contribution in [0.3, 0.4) is 0 Å². The van der Waals surface area contributed by atoms with Crippen LogP contribution in [-0.4, -0.2) is 5.78 Å². The molecule has 0 saturated heterocycles. The molecule has 1 fully saturated rings. The van der Waals surface area contributed by atoms with Crippen molar-refractivity contribution in [3.8, 4) is 0 Å². The summed E-state index contributed by atoms with van der Waals surface area (Å²) in [5, 5.41) is 0. The first kappa shape index (κ1) is 11.7. The number of rotatable bonds is 4. The first-order valence-corrected chi connectivity index (χ1v) is 5.91. The summed E-state index contributed by atoms with van der Waals surface area (Å²) in [4.78, 5) is 11.7. The van der Waals surface area contributed by atoms with Crippen molar-refractivity contribution in [3.05, 3.63) is 0 Å². The SMILES string of the molecule is CC(CC(=O)CC1CCC1)C(C)(C)C. The van der Waals surface area contributed by atoms with E-state index in [1.807, 2.05) is 0 Å². The summed E-state index contributed by atoms with van der Waals surface area (Å²) < 4.78 is 0. The third-order valence-corrected chi connectivity index (χ3v) is 3.75. The Kier molecular flexibility index (Phi) is 3.74. The van der Waals surface area contributed by atoms with E-state index in [1.165, 1.54) is 19.3 Å². The largest absolute Gasteiger partial charge is 0.300 e. The molecule has 82 valence electrons. The molecule has 1 saturated carbocycles. The second-order valence-electron chi connectivity index (χ2n) is 6.01. The van der Waals surface area contributed by atoms with Crippen LogP contribution in [0.2, 0.25) is 0 Å². The third-order valence-electron chi connectivity index (χ3n) is 3.75. The maximum atomic E-state index is 11.7. The summed E-state index contributed by atoms with van der Waals surface area (Å²) in [7, 11) is 0. The number of carbonyl (C=O) groups is 1. The van der Waals surface area contributed by atoms with Crippen LogP contribution in [0.1, 0.15) is 59.8 Å². The molecular weight excluding hydrogens is 172 g/mol.